The summed E-state index contributed by atoms with van der Waals surface area (Å²) in [5.41, 5.74) is 13.5. The molecule has 258 valence electrons. The van der Waals surface area contributed by atoms with Crippen LogP contribution in [0.2, 0.25) is 0 Å². The second-order valence-corrected chi connectivity index (χ2v) is 14.6. The molecule has 11 rings (SSSR count). The van der Waals surface area contributed by atoms with Crippen molar-refractivity contribution < 1.29 is 0 Å². The zero-order chi connectivity index (χ0) is 35.6. The van der Waals surface area contributed by atoms with Crippen LogP contribution in [-0.2, 0) is 0 Å². The van der Waals surface area contributed by atoms with E-state index >= 15 is 0 Å². The maximum atomic E-state index is 5.25. The van der Waals surface area contributed by atoms with Gasteiger partial charge in [-0.3, -0.25) is 0 Å². The zero-order valence-electron chi connectivity index (χ0n) is 29.8. The molecule has 3 heterocycles. The Kier molecular flexibility index (Phi) is 7.19. The van der Waals surface area contributed by atoms with Gasteiger partial charge in [0.2, 0.25) is 0 Å². The summed E-state index contributed by atoms with van der Waals surface area (Å²) in [7, 11) is 0. The molecule has 5 nitrogen and oxygen atoms in total. The molecule has 0 radical (unpaired) electrons. The van der Waals surface area contributed by atoms with Crippen molar-refractivity contribution in [1.29, 1.82) is 0 Å². The first-order valence-corrected chi connectivity index (χ1v) is 19.0. The summed E-state index contributed by atoms with van der Waals surface area (Å²) in [4.78, 5) is 18.2. The van der Waals surface area contributed by atoms with Crippen molar-refractivity contribution in [2.75, 3.05) is 4.90 Å². The molecule has 1 aliphatic heterocycles. The van der Waals surface area contributed by atoms with E-state index in [0.717, 1.165) is 48.2 Å². The first-order valence-electron chi connectivity index (χ1n) is 19.0. The number of aromatic nitrogens is 4. The number of allylic oxidation sites excluding steroid dienone is 6. The Labute approximate surface area is 314 Å². The van der Waals surface area contributed by atoms with Crippen LogP contribution in [0, 0.1) is 0 Å². The highest BCUT2D eigenvalue weighted by atomic mass is 15.2. The summed E-state index contributed by atoms with van der Waals surface area (Å²) < 4.78 is 2.44. The fourth-order valence-electron chi connectivity index (χ4n) is 9.14. The van der Waals surface area contributed by atoms with Crippen LogP contribution < -0.4 is 4.90 Å². The Morgan fingerprint density at radius 3 is 2.07 bits per heavy atom. The number of rotatable bonds is 5. The Hall–Kier alpha value is -6.59. The Balaban J connectivity index is 1.12. The minimum absolute atomic E-state index is 0.103. The van der Waals surface area contributed by atoms with Crippen molar-refractivity contribution in [1.82, 2.24) is 19.5 Å². The molecule has 5 aromatic carbocycles. The van der Waals surface area contributed by atoms with Gasteiger partial charge in [0, 0.05) is 44.4 Å². The summed E-state index contributed by atoms with van der Waals surface area (Å²) in [5, 5.41) is 2.57. The maximum absolute atomic E-state index is 5.25. The molecule has 0 saturated heterocycles. The zero-order valence-corrected chi connectivity index (χ0v) is 29.8. The van der Waals surface area contributed by atoms with Gasteiger partial charge in [0.25, 0.3) is 0 Å². The van der Waals surface area contributed by atoms with E-state index in [2.05, 4.69) is 137 Å². The molecule has 0 amide bonds. The van der Waals surface area contributed by atoms with Crippen LogP contribution in [0.25, 0.3) is 61.4 Å². The summed E-state index contributed by atoms with van der Waals surface area (Å²) >= 11 is 0. The minimum Gasteiger partial charge on any atom is -0.357 e. The van der Waals surface area contributed by atoms with Crippen LogP contribution in [0.5, 0.6) is 0 Å². The largest absolute Gasteiger partial charge is 0.357 e. The summed E-state index contributed by atoms with van der Waals surface area (Å²) in [6.07, 6.45) is 18.0. The van der Waals surface area contributed by atoms with Gasteiger partial charge in [-0.15, -0.1) is 0 Å². The number of hydrogen-bond acceptors (Lipinski definition) is 4. The quantitative estimate of drug-likeness (QED) is 0.180. The van der Waals surface area contributed by atoms with Gasteiger partial charge in [0.1, 0.15) is 0 Å². The molecule has 0 spiro atoms. The third-order valence-corrected chi connectivity index (χ3v) is 11.5. The van der Waals surface area contributed by atoms with E-state index in [1.807, 2.05) is 36.4 Å². The topological polar surface area (TPSA) is 46.8 Å². The third-order valence-electron chi connectivity index (χ3n) is 11.5. The molecule has 2 atom stereocenters. The lowest BCUT2D eigenvalue weighted by atomic mass is 9.81. The fraction of sp³-hybridized carbons (Fsp3) is 0.122. The average Bonchev–Trinajstić information content (AvgIpc) is 3.75. The molecule has 0 fully saturated rings. The van der Waals surface area contributed by atoms with E-state index in [-0.39, 0.29) is 12.1 Å². The first kappa shape index (κ1) is 31.0. The monoisotopic (exact) mass is 695 g/mol. The lowest BCUT2D eigenvalue weighted by Crippen LogP contribution is -2.41. The van der Waals surface area contributed by atoms with Gasteiger partial charge in [-0.05, 0) is 72.7 Å². The lowest BCUT2D eigenvalue weighted by molar-refractivity contribution is 0.629. The molecular formula is C49H37N5. The molecular weight excluding hydrogens is 659 g/mol. The molecule has 54 heavy (non-hydrogen) atoms. The van der Waals surface area contributed by atoms with Crippen LogP contribution in [-0.4, -0.2) is 31.6 Å². The van der Waals surface area contributed by atoms with Gasteiger partial charge in [-0.25, -0.2) is 15.0 Å². The van der Waals surface area contributed by atoms with Crippen molar-refractivity contribution in [3.05, 3.63) is 186 Å². The third kappa shape index (κ3) is 4.96. The molecule has 0 N–H and O–H groups in total. The normalized spacial score (nSPS) is 18.8. The maximum Gasteiger partial charge on any atom is 0.164 e. The molecule has 0 bridgehead atoms. The highest BCUT2D eigenvalue weighted by molar-refractivity contribution is 6.12. The van der Waals surface area contributed by atoms with Gasteiger partial charge in [0.15, 0.2) is 17.5 Å². The minimum atomic E-state index is 0.103. The fourth-order valence-corrected chi connectivity index (χ4v) is 9.14. The summed E-state index contributed by atoms with van der Waals surface area (Å²) in [5.74, 6) is 2.14. The van der Waals surface area contributed by atoms with Gasteiger partial charge >= 0.3 is 0 Å². The molecule has 5 heteroatoms. The van der Waals surface area contributed by atoms with Crippen molar-refractivity contribution in [2.45, 2.75) is 37.8 Å². The smallest absolute Gasteiger partial charge is 0.164 e. The highest BCUT2D eigenvalue weighted by Crippen LogP contribution is 2.50. The van der Waals surface area contributed by atoms with Crippen LogP contribution in [0.3, 0.4) is 0 Å². The van der Waals surface area contributed by atoms with Crippen molar-refractivity contribution >= 4 is 38.6 Å². The number of anilines is 1. The van der Waals surface area contributed by atoms with Crippen molar-refractivity contribution in [3.63, 3.8) is 0 Å². The highest BCUT2D eigenvalue weighted by Gasteiger charge is 2.40. The number of fused-ring (bicyclic) bond motifs is 6. The SMILES string of the molecule is C1=CCC2C(=C1)c1cc3c4ccccc4n(-c4ccccc4)c3cc1N2C1C=C(c2nc(-c3ccccc3)nc(-c3ccccc3)n2)C2=C(C=CCC2)C1. The molecule has 2 aromatic heterocycles. The van der Waals surface area contributed by atoms with Crippen LogP contribution in [0.15, 0.2) is 175 Å². The number of para-hydroxylation sites is 2. The molecule has 0 saturated carbocycles. The second kappa shape index (κ2) is 12.5. The molecule has 2 unspecified atom stereocenters. The van der Waals surface area contributed by atoms with Gasteiger partial charge in [-0.2, -0.15) is 0 Å². The first-order chi connectivity index (χ1) is 26.8. The second-order valence-electron chi connectivity index (χ2n) is 14.6. The van der Waals surface area contributed by atoms with E-state index in [1.165, 1.54) is 55.5 Å². The number of nitrogens with zero attached hydrogens (tertiary/aromatic N) is 5. The predicted octanol–water partition coefficient (Wildman–Crippen LogP) is 11.3. The van der Waals surface area contributed by atoms with E-state index in [1.54, 1.807) is 0 Å². The summed E-state index contributed by atoms with van der Waals surface area (Å²) in [6.45, 7) is 0. The van der Waals surface area contributed by atoms with E-state index < -0.39 is 0 Å². The standard InChI is InChI=1S/C49H37N5/c1-4-16-32(17-5-1)47-50-48(33-18-6-2-7-19-33)52-49(51-47)42-29-36(28-34-20-10-11-23-37(34)42)54-44-27-15-13-25-39(44)41-30-40-38-24-12-14-26-43(38)53(45(40)31-46(41)54)35-21-8-3-9-22-35/h1-10,12-22,24-26,29-31,36,44H,11,23,27-28H2. The predicted molar refractivity (Wildman–Crippen MR) is 221 cm³/mol. The van der Waals surface area contributed by atoms with E-state index in [9.17, 15) is 0 Å². The number of benzene rings is 5. The van der Waals surface area contributed by atoms with E-state index in [4.69, 9.17) is 15.0 Å². The van der Waals surface area contributed by atoms with Gasteiger partial charge < -0.3 is 9.47 Å². The number of hydrogen-bond donors (Lipinski definition) is 0. The van der Waals surface area contributed by atoms with Crippen LogP contribution in [0.1, 0.15) is 37.1 Å². The lowest BCUT2D eigenvalue weighted by Gasteiger charge is -2.38. The molecule has 3 aliphatic carbocycles. The Morgan fingerprint density at radius 2 is 1.31 bits per heavy atom. The van der Waals surface area contributed by atoms with Gasteiger partial charge in [-0.1, -0.05) is 134 Å². The average molecular weight is 696 g/mol. The van der Waals surface area contributed by atoms with E-state index in [0.29, 0.717) is 11.6 Å². The van der Waals surface area contributed by atoms with Gasteiger partial charge in [0.05, 0.1) is 23.1 Å². The van der Waals surface area contributed by atoms with Crippen LogP contribution in [0.4, 0.5) is 5.69 Å². The molecule has 4 aliphatic rings. The Bertz CT molecular complexity index is 2710. The van der Waals surface area contributed by atoms with Crippen molar-refractivity contribution in [2.24, 2.45) is 0 Å². The Morgan fingerprint density at radius 1 is 0.630 bits per heavy atom. The summed E-state index contributed by atoms with van der Waals surface area (Å²) in [6, 6.07) is 45.5. The van der Waals surface area contributed by atoms with Crippen molar-refractivity contribution in [3.8, 4) is 28.5 Å². The molecule has 7 aromatic rings. The van der Waals surface area contributed by atoms with Crippen LogP contribution >= 0.6 is 0 Å².